The third kappa shape index (κ3) is 4.41. The summed E-state index contributed by atoms with van der Waals surface area (Å²) >= 11 is 0. The van der Waals surface area contributed by atoms with E-state index in [9.17, 15) is 14.7 Å². The van der Waals surface area contributed by atoms with Crippen molar-refractivity contribution in [2.24, 2.45) is 0 Å². The minimum Gasteiger partial charge on any atom is -0.507 e. The smallest absolute Gasteiger partial charge is 0.295 e. The Hall–Kier alpha value is -3.86. The highest BCUT2D eigenvalue weighted by atomic mass is 16.5. The topological polar surface area (TPSA) is 66.8 Å². The first-order valence-corrected chi connectivity index (χ1v) is 12.6. The number of ether oxygens (including phenoxy) is 1. The van der Waals surface area contributed by atoms with Gasteiger partial charge in [-0.2, -0.15) is 0 Å². The maximum absolute atomic E-state index is 13.4. The number of aliphatic hydroxyl groups excluding tert-OH is 1. The SMILES string of the molecule is CC(C)c1ccc([C@H]2/C(=C(\O)c3ccc4c(c3)C[C@H](C)O4)C(=O)C(=O)N2CCc2ccccc2)cc1. The lowest BCUT2D eigenvalue weighted by atomic mass is 9.92. The second-order valence-corrected chi connectivity index (χ2v) is 10.0. The fraction of sp³-hybridized carbons (Fsp3) is 0.290. The van der Waals surface area contributed by atoms with Crippen molar-refractivity contribution in [3.8, 4) is 5.75 Å². The van der Waals surface area contributed by atoms with Gasteiger partial charge in [0.25, 0.3) is 11.7 Å². The molecule has 36 heavy (non-hydrogen) atoms. The molecule has 0 unspecified atom stereocenters. The molecule has 0 radical (unpaired) electrons. The summed E-state index contributed by atoms with van der Waals surface area (Å²) in [4.78, 5) is 28.2. The third-order valence-corrected chi connectivity index (χ3v) is 7.11. The molecule has 0 spiro atoms. The summed E-state index contributed by atoms with van der Waals surface area (Å²) in [6, 6.07) is 22.7. The number of carbonyl (C=O) groups is 2. The van der Waals surface area contributed by atoms with E-state index < -0.39 is 17.7 Å². The first kappa shape index (κ1) is 23.9. The molecule has 0 aromatic heterocycles. The summed E-state index contributed by atoms with van der Waals surface area (Å²) in [7, 11) is 0. The Kier molecular flexibility index (Phi) is 6.40. The van der Waals surface area contributed by atoms with Crippen LogP contribution in [0.3, 0.4) is 0 Å². The second kappa shape index (κ2) is 9.65. The highest BCUT2D eigenvalue weighted by Gasteiger charge is 2.46. The number of nitrogens with zero attached hydrogens (tertiary/aromatic N) is 1. The quantitative estimate of drug-likeness (QED) is 0.275. The minimum atomic E-state index is -0.654. The molecule has 184 valence electrons. The van der Waals surface area contributed by atoms with Crippen molar-refractivity contribution in [1.82, 2.24) is 4.90 Å². The van der Waals surface area contributed by atoms with Gasteiger partial charge in [0.1, 0.15) is 17.6 Å². The van der Waals surface area contributed by atoms with E-state index in [-0.39, 0.29) is 17.4 Å². The highest BCUT2D eigenvalue weighted by molar-refractivity contribution is 6.46. The van der Waals surface area contributed by atoms with Gasteiger partial charge in [-0.3, -0.25) is 9.59 Å². The molecule has 2 aliphatic heterocycles. The molecule has 3 aromatic carbocycles. The summed E-state index contributed by atoms with van der Waals surface area (Å²) in [5.41, 5.74) is 4.72. The lowest BCUT2D eigenvalue weighted by Gasteiger charge is -2.26. The van der Waals surface area contributed by atoms with Crippen molar-refractivity contribution < 1.29 is 19.4 Å². The number of benzene rings is 3. The Labute approximate surface area is 212 Å². The number of likely N-dealkylation sites (tertiary alicyclic amines) is 1. The van der Waals surface area contributed by atoms with E-state index in [4.69, 9.17) is 4.74 Å². The molecular weight excluding hydrogens is 450 g/mol. The number of amides is 1. The number of ketones is 1. The Morgan fingerprint density at radius 2 is 1.75 bits per heavy atom. The van der Waals surface area contributed by atoms with Crippen molar-refractivity contribution in [3.63, 3.8) is 0 Å². The molecule has 1 N–H and O–H groups in total. The molecule has 3 aromatic rings. The average Bonchev–Trinajstić information content (AvgIpc) is 3.38. The Balaban J connectivity index is 1.57. The van der Waals surface area contributed by atoms with Gasteiger partial charge < -0.3 is 14.7 Å². The minimum absolute atomic E-state index is 0.0698. The van der Waals surface area contributed by atoms with Gasteiger partial charge in [0.05, 0.1) is 11.6 Å². The maximum atomic E-state index is 13.4. The number of rotatable bonds is 6. The van der Waals surface area contributed by atoms with Gasteiger partial charge in [-0.15, -0.1) is 0 Å². The number of fused-ring (bicyclic) bond motifs is 1. The molecular formula is C31H31NO4. The third-order valence-electron chi connectivity index (χ3n) is 7.11. The molecule has 5 rings (SSSR count). The van der Waals surface area contributed by atoms with E-state index in [1.54, 1.807) is 11.0 Å². The van der Waals surface area contributed by atoms with Crippen molar-refractivity contribution in [3.05, 3.63) is 106 Å². The fourth-order valence-electron chi connectivity index (χ4n) is 5.14. The Bertz CT molecular complexity index is 1320. The summed E-state index contributed by atoms with van der Waals surface area (Å²) in [6.45, 7) is 6.62. The lowest BCUT2D eigenvalue weighted by Crippen LogP contribution is -2.31. The first-order valence-electron chi connectivity index (χ1n) is 12.6. The normalized spacial score (nSPS) is 20.6. The number of Topliss-reactive ketones (excluding diaryl/α,β-unsaturated/α-hetero) is 1. The largest absolute Gasteiger partial charge is 0.507 e. The van der Waals surface area contributed by atoms with Crippen LogP contribution in [0, 0.1) is 0 Å². The number of hydrogen-bond donors (Lipinski definition) is 1. The summed E-state index contributed by atoms with van der Waals surface area (Å²) < 4.78 is 5.79. The van der Waals surface area contributed by atoms with Crippen LogP contribution in [0.1, 0.15) is 60.5 Å². The van der Waals surface area contributed by atoms with E-state index in [0.717, 1.165) is 28.9 Å². The lowest BCUT2D eigenvalue weighted by molar-refractivity contribution is -0.139. The van der Waals surface area contributed by atoms with Crippen LogP contribution in [0.25, 0.3) is 5.76 Å². The Morgan fingerprint density at radius 1 is 1.03 bits per heavy atom. The van der Waals surface area contributed by atoms with Crippen LogP contribution in [0.2, 0.25) is 0 Å². The molecule has 1 saturated heterocycles. The molecule has 0 saturated carbocycles. The summed E-state index contributed by atoms with van der Waals surface area (Å²) in [5, 5.41) is 11.4. The van der Waals surface area contributed by atoms with Crippen LogP contribution >= 0.6 is 0 Å². The van der Waals surface area contributed by atoms with Crippen LogP contribution in [0.5, 0.6) is 5.75 Å². The van der Waals surface area contributed by atoms with Gasteiger partial charge in [-0.05, 0) is 59.7 Å². The van der Waals surface area contributed by atoms with Crippen LogP contribution in [0.4, 0.5) is 0 Å². The Morgan fingerprint density at radius 3 is 2.44 bits per heavy atom. The number of aliphatic hydroxyl groups is 1. The average molecular weight is 482 g/mol. The van der Waals surface area contributed by atoms with E-state index in [1.165, 1.54) is 5.56 Å². The first-order chi connectivity index (χ1) is 17.3. The zero-order valence-electron chi connectivity index (χ0n) is 20.9. The zero-order chi connectivity index (χ0) is 25.4. The van der Waals surface area contributed by atoms with Gasteiger partial charge in [0.2, 0.25) is 0 Å². The maximum Gasteiger partial charge on any atom is 0.295 e. The molecule has 0 aliphatic carbocycles. The van der Waals surface area contributed by atoms with Crippen LogP contribution < -0.4 is 4.74 Å². The standard InChI is InChI=1S/C31H31NO4/c1-19(2)22-9-11-23(12-10-22)28-27(29(33)24-13-14-26-25(18-24)17-20(3)36-26)30(34)31(35)32(28)16-15-21-7-5-4-6-8-21/h4-14,18-20,28,33H,15-17H2,1-3H3/b29-27+/t20-,28-/m0/s1. The number of carbonyl (C=O) groups excluding carboxylic acids is 2. The van der Waals surface area contributed by atoms with Crippen molar-refractivity contribution in [2.45, 2.75) is 51.7 Å². The molecule has 2 atom stereocenters. The number of hydrogen-bond acceptors (Lipinski definition) is 4. The molecule has 1 fully saturated rings. The van der Waals surface area contributed by atoms with Crippen LogP contribution in [0.15, 0.2) is 78.4 Å². The predicted molar refractivity (Wildman–Crippen MR) is 140 cm³/mol. The predicted octanol–water partition coefficient (Wildman–Crippen LogP) is 5.80. The van der Waals surface area contributed by atoms with E-state index in [0.29, 0.717) is 24.4 Å². The van der Waals surface area contributed by atoms with E-state index in [2.05, 4.69) is 13.8 Å². The molecule has 5 heteroatoms. The molecule has 5 nitrogen and oxygen atoms in total. The molecule has 2 heterocycles. The van der Waals surface area contributed by atoms with Crippen molar-refractivity contribution >= 4 is 17.4 Å². The highest BCUT2D eigenvalue weighted by Crippen LogP contribution is 2.41. The van der Waals surface area contributed by atoms with Gasteiger partial charge in [0, 0.05) is 18.5 Å². The van der Waals surface area contributed by atoms with Crippen LogP contribution in [-0.4, -0.2) is 34.3 Å². The van der Waals surface area contributed by atoms with Crippen molar-refractivity contribution in [1.29, 1.82) is 0 Å². The van der Waals surface area contributed by atoms with Gasteiger partial charge in [0.15, 0.2) is 0 Å². The van der Waals surface area contributed by atoms with Gasteiger partial charge in [-0.25, -0.2) is 0 Å². The van der Waals surface area contributed by atoms with Gasteiger partial charge in [-0.1, -0.05) is 68.4 Å². The summed E-state index contributed by atoms with van der Waals surface area (Å²) in [6.07, 6.45) is 1.42. The summed E-state index contributed by atoms with van der Waals surface area (Å²) in [5.74, 6) is -0.217. The van der Waals surface area contributed by atoms with Crippen LogP contribution in [-0.2, 0) is 22.4 Å². The molecule has 2 aliphatic rings. The molecule has 0 bridgehead atoms. The fourth-order valence-corrected chi connectivity index (χ4v) is 5.14. The van der Waals surface area contributed by atoms with E-state index in [1.807, 2.05) is 73.7 Å². The monoisotopic (exact) mass is 481 g/mol. The zero-order valence-corrected chi connectivity index (χ0v) is 20.9. The molecule has 1 amide bonds. The van der Waals surface area contributed by atoms with Crippen molar-refractivity contribution in [2.75, 3.05) is 6.54 Å². The second-order valence-electron chi connectivity index (χ2n) is 10.0. The van der Waals surface area contributed by atoms with Gasteiger partial charge >= 0.3 is 0 Å². The van der Waals surface area contributed by atoms with E-state index >= 15 is 0 Å².